The minimum Gasteiger partial charge on any atom is -0.278 e. The van der Waals surface area contributed by atoms with Crippen molar-refractivity contribution in [3.8, 4) is 39.6 Å². The van der Waals surface area contributed by atoms with Crippen molar-refractivity contribution in [1.29, 1.82) is 0 Å². The van der Waals surface area contributed by atoms with Crippen LogP contribution in [0.5, 0.6) is 0 Å². The highest BCUT2D eigenvalue weighted by atomic mass is 15.2. The van der Waals surface area contributed by atoms with Gasteiger partial charge in [0.2, 0.25) is 5.95 Å². The summed E-state index contributed by atoms with van der Waals surface area (Å²) >= 11 is 0. The quantitative estimate of drug-likeness (QED) is 0.184. The van der Waals surface area contributed by atoms with Gasteiger partial charge in [0.05, 0.1) is 11.0 Å². The number of hydrogen-bond acceptors (Lipinski definition) is 3. The van der Waals surface area contributed by atoms with Gasteiger partial charge in [-0.2, -0.15) is 9.97 Å². The first-order valence-electron chi connectivity index (χ1n) is 16.7. The summed E-state index contributed by atoms with van der Waals surface area (Å²) in [6.45, 7) is 0. The van der Waals surface area contributed by atoms with Crippen LogP contribution in [0.25, 0.3) is 67.0 Å². The highest BCUT2D eigenvalue weighted by Gasteiger charge is 2.21. The predicted octanol–water partition coefficient (Wildman–Crippen LogP) is 11.1. The van der Waals surface area contributed by atoms with Crippen LogP contribution in [0.15, 0.2) is 176 Å². The zero-order valence-corrected chi connectivity index (χ0v) is 26.8. The summed E-state index contributed by atoms with van der Waals surface area (Å²) in [7, 11) is 0. The summed E-state index contributed by atoms with van der Waals surface area (Å²) < 4.78 is 2.21. The average molecular weight is 629 g/mol. The molecule has 4 heteroatoms. The molecule has 6 aromatic carbocycles. The molecule has 0 aliphatic heterocycles. The standard InChI is InChI=1S/C45H32N4/c1-4-12-31(13-5-1)33-20-22-35(23-21-33)38-28-29-40-39-18-10-11-19-41(39)49(42(40)30-38)45-47-43(36-16-8-3-9-17-36)46-44(48-45)37-26-24-34(25-27-37)32-14-6-2-7-15-32/h1-26,28-30,37H,27H2. The maximum absolute atomic E-state index is 5.23. The van der Waals surface area contributed by atoms with Crippen LogP contribution in [0.3, 0.4) is 0 Å². The molecule has 1 aliphatic carbocycles. The number of nitrogens with zero attached hydrogens (tertiary/aromatic N) is 4. The van der Waals surface area contributed by atoms with Gasteiger partial charge < -0.3 is 0 Å². The maximum Gasteiger partial charge on any atom is 0.238 e. The van der Waals surface area contributed by atoms with Gasteiger partial charge in [-0.15, -0.1) is 0 Å². The van der Waals surface area contributed by atoms with Crippen LogP contribution < -0.4 is 0 Å². The molecule has 0 spiro atoms. The van der Waals surface area contributed by atoms with E-state index in [0.29, 0.717) is 11.8 Å². The van der Waals surface area contributed by atoms with E-state index in [1.54, 1.807) is 0 Å². The molecule has 2 aromatic heterocycles. The SMILES string of the molecule is C1=CC(c2nc(-c3ccccc3)nc(-n3c4ccccc4c4ccc(-c5ccc(-c6ccccc6)cc5)cc43)n2)CC=C1c1ccccc1. The maximum atomic E-state index is 5.23. The summed E-state index contributed by atoms with van der Waals surface area (Å²) in [5.74, 6) is 2.09. The summed E-state index contributed by atoms with van der Waals surface area (Å²) in [5, 5.41) is 2.33. The van der Waals surface area contributed by atoms with Gasteiger partial charge in [-0.1, -0.05) is 164 Å². The Morgan fingerprint density at radius 2 is 1.04 bits per heavy atom. The minimum atomic E-state index is 0.0310. The molecule has 0 saturated heterocycles. The van der Waals surface area contributed by atoms with E-state index in [0.717, 1.165) is 45.4 Å². The van der Waals surface area contributed by atoms with E-state index in [2.05, 4.69) is 162 Å². The molecule has 4 nitrogen and oxygen atoms in total. The van der Waals surface area contributed by atoms with Crippen molar-refractivity contribution in [2.45, 2.75) is 12.3 Å². The summed E-state index contributed by atoms with van der Waals surface area (Å²) in [4.78, 5) is 15.5. The van der Waals surface area contributed by atoms with Crippen LogP contribution in [0, 0.1) is 0 Å². The summed E-state index contributed by atoms with van der Waals surface area (Å²) in [6.07, 6.45) is 7.54. The van der Waals surface area contributed by atoms with Crippen LogP contribution in [-0.2, 0) is 0 Å². The summed E-state index contributed by atoms with van der Waals surface area (Å²) in [6, 6.07) is 55.3. The number of fused-ring (bicyclic) bond motifs is 3. The van der Waals surface area contributed by atoms with E-state index in [9.17, 15) is 0 Å². The largest absolute Gasteiger partial charge is 0.278 e. The van der Waals surface area contributed by atoms with Gasteiger partial charge in [0.25, 0.3) is 0 Å². The van der Waals surface area contributed by atoms with Crippen molar-refractivity contribution in [3.63, 3.8) is 0 Å². The minimum absolute atomic E-state index is 0.0310. The molecular weight excluding hydrogens is 597 g/mol. The van der Waals surface area contributed by atoms with E-state index >= 15 is 0 Å². The van der Waals surface area contributed by atoms with E-state index in [1.165, 1.54) is 27.6 Å². The Morgan fingerprint density at radius 1 is 0.469 bits per heavy atom. The van der Waals surface area contributed by atoms with Gasteiger partial charge in [0.15, 0.2) is 5.82 Å². The molecule has 0 radical (unpaired) electrons. The average Bonchev–Trinajstić information content (AvgIpc) is 3.52. The molecule has 2 heterocycles. The number of rotatable bonds is 6. The van der Waals surface area contributed by atoms with Crippen LogP contribution in [0.4, 0.5) is 0 Å². The Labute approximate surface area is 285 Å². The van der Waals surface area contributed by atoms with Crippen molar-refractivity contribution in [2.75, 3.05) is 0 Å². The fraction of sp³-hybridized carbons (Fsp3) is 0.0444. The molecule has 1 aliphatic rings. The molecule has 9 rings (SSSR count). The zero-order valence-electron chi connectivity index (χ0n) is 26.8. The fourth-order valence-corrected chi connectivity index (χ4v) is 6.87. The van der Waals surface area contributed by atoms with Crippen LogP contribution >= 0.6 is 0 Å². The van der Waals surface area contributed by atoms with E-state index in [4.69, 9.17) is 15.0 Å². The van der Waals surface area contributed by atoms with E-state index in [-0.39, 0.29) is 5.92 Å². The van der Waals surface area contributed by atoms with Gasteiger partial charge in [-0.25, -0.2) is 4.98 Å². The Morgan fingerprint density at radius 3 is 1.73 bits per heavy atom. The van der Waals surface area contributed by atoms with E-state index in [1.807, 2.05) is 18.2 Å². The molecule has 8 aromatic rings. The Balaban J connectivity index is 1.18. The third-order valence-electron chi connectivity index (χ3n) is 9.41. The lowest BCUT2D eigenvalue weighted by atomic mass is 9.92. The van der Waals surface area contributed by atoms with Gasteiger partial charge in [-0.3, -0.25) is 4.57 Å². The second kappa shape index (κ2) is 12.3. The molecule has 1 atom stereocenters. The van der Waals surface area contributed by atoms with E-state index < -0.39 is 0 Å². The second-order valence-electron chi connectivity index (χ2n) is 12.4. The topological polar surface area (TPSA) is 43.6 Å². The summed E-state index contributed by atoms with van der Waals surface area (Å²) in [5.41, 5.74) is 10.2. The Kier molecular flexibility index (Phi) is 7.25. The molecule has 0 saturated carbocycles. The number of para-hydroxylation sites is 1. The van der Waals surface area contributed by atoms with Gasteiger partial charge >= 0.3 is 0 Å². The number of benzene rings is 6. The predicted molar refractivity (Wildman–Crippen MR) is 201 cm³/mol. The smallest absolute Gasteiger partial charge is 0.238 e. The molecular formula is C45H32N4. The first kappa shape index (κ1) is 28.8. The molecule has 49 heavy (non-hydrogen) atoms. The van der Waals surface area contributed by atoms with Crippen molar-refractivity contribution in [2.24, 2.45) is 0 Å². The third-order valence-corrected chi connectivity index (χ3v) is 9.41. The first-order chi connectivity index (χ1) is 24.3. The molecule has 0 bridgehead atoms. The third kappa shape index (κ3) is 5.43. The Hall–Kier alpha value is -6.39. The van der Waals surface area contributed by atoms with Gasteiger partial charge in [0, 0.05) is 22.3 Å². The number of allylic oxidation sites excluding steroid dienone is 4. The highest BCUT2D eigenvalue weighted by Crippen LogP contribution is 2.36. The van der Waals surface area contributed by atoms with Crippen LogP contribution in [0.2, 0.25) is 0 Å². The number of aromatic nitrogens is 4. The van der Waals surface area contributed by atoms with Crippen LogP contribution in [0.1, 0.15) is 23.7 Å². The lowest BCUT2D eigenvalue weighted by molar-refractivity contribution is 0.751. The fourth-order valence-electron chi connectivity index (χ4n) is 6.87. The number of hydrogen-bond donors (Lipinski definition) is 0. The molecule has 0 amide bonds. The van der Waals surface area contributed by atoms with Crippen LogP contribution in [-0.4, -0.2) is 19.5 Å². The van der Waals surface area contributed by atoms with Crippen molar-refractivity contribution in [3.05, 3.63) is 187 Å². The molecule has 1 unspecified atom stereocenters. The Bertz CT molecular complexity index is 2490. The second-order valence-corrected chi connectivity index (χ2v) is 12.4. The van der Waals surface area contributed by atoms with Gasteiger partial charge in [-0.05, 0) is 51.9 Å². The first-order valence-corrected chi connectivity index (χ1v) is 16.7. The monoisotopic (exact) mass is 628 g/mol. The van der Waals surface area contributed by atoms with Crippen molar-refractivity contribution < 1.29 is 0 Å². The normalized spacial score (nSPS) is 14.3. The highest BCUT2D eigenvalue weighted by molar-refractivity contribution is 6.10. The van der Waals surface area contributed by atoms with Gasteiger partial charge in [0.1, 0.15) is 5.82 Å². The lowest BCUT2D eigenvalue weighted by Crippen LogP contribution is -2.11. The lowest BCUT2D eigenvalue weighted by Gasteiger charge is -2.17. The molecule has 232 valence electrons. The molecule has 0 N–H and O–H groups in total. The van der Waals surface area contributed by atoms with Crippen molar-refractivity contribution in [1.82, 2.24) is 19.5 Å². The zero-order chi connectivity index (χ0) is 32.6. The van der Waals surface area contributed by atoms with Crippen molar-refractivity contribution >= 4 is 27.4 Å². The molecule has 0 fully saturated rings.